The molecule has 2 N–H and O–H groups in total. The van der Waals surface area contributed by atoms with Gasteiger partial charge in [0.1, 0.15) is 0 Å². The van der Waals surface area contributed by atoms with Crippen LogP contribution in [0.25, 0.3) is 11.4 Å². The lowest BCUT2D eigenvalue weighted by atomic mass is 10.0. The second-order valence-electron chi connectivity index (χ2n) is 5.17. The molecule has 0 aliphatic carbocycles. The number of aromatic nitrogens is 2. The van der Waals surface area contributed by atoms with Gasteiger partial charge in [0.05, 0.1) is 5.60 Å². The van der Waals surface area contributed by atoms with Gasteiger partial charge in [-0.2, -0.15) is 16.7 Å². The second kappa shape index (κ2) is 5.46. The molecule has 0 amide bonds. The first-order valence-corrected chi connectivity index (χ1v) is 7.75. The van der Waals surface area contributed by atoms with Crippen LogP contribution in [0.4, 0.5) is 6.01 Å². The Labute approximate surface area is 121 Å². The number of thioether (sulfide) groups is 1. The summed E-state index contributed by atoms with van der Waals surface area (Å²) in [5, 5.41) is 17.2. The number of benzene rings is 1. The van der Waals surface area contributed by atoms with E-state index in [1.807, 2.05) is 31.2 Å². The Morgan fingerprint density at radius 1 is 1.40 bits per heavy atom. The van der Waals surface area contributed by atoms with Crippen LogP contribution in [-0.2, 0) is 0 Å². The van der Waals surface area contributed by atoms with E-state index in [0.717, 1.165) is 23.5 Å². The summed E-state index contributed by atoms with van der Waals surface area (Å²) < 4.78 is 5.16. The molecular weight excluding hydrogens is 274 g/mol. The summed E-state index contributed by atoms with van der Waals surface area (Å²) in [5.74, 6) is 2.30. The van der Waals surface area contributed by atoms with Crippen LogP contribution < -0.4 is 5.32 Å². The first kappa shape index (κ1) is 13.5. The van der Waals surface area contributed by atoms with E-state index < -0.39 is 5.60 Å². The van der Waals surface area contributed by atoms with Gasteiger partial charge in [-0.25, -0.2) is 0 Å². The van der Waals surface area contributed by atoms with Crippen LogP contribution >= 0.6 is 11.8 Å². The number of nitrogens with zero attached hydrogens (tertiary/aromatic N) is 2. The summed E-state index contributed by atoms with van der Waals surface area (Å²) in [7, 11) is 0. The molecule has 2 heterocycles. The van der Waals surface area contributed by atoms with Gasteiger partial charge in [-0.15, -0.1) is 0 Å². The molecule has 0 radical (unpaired) electrons. The average Bonchev–Trinajstić information content (AvgIpc) is 3.07. The molecule has 20 heavy (non-hydrogen) atoms. The highest BCUT2D eigenvalue weighted by atomic mass is 32.2. The van der Waals surface area contributed by atoms with E-state index in [0.29, 0.717) is 18.4 Å². The van der Waals surface area contributed by atoms with Crippen molar-refractivity contribution in [3.05, 3.63) is 29.8 Å². The molecule has 1 atom stereocenters. The third-order valence-corrected chi connectivity index (χ3v) is 4.62. The van der Waals surface area contributed by atoms with E-state index in [1.165, 1.54) is 5.56 Å². The Morgan fingerprint density at radius 2 is 2.20 bits per heavy atom. The molecule has 1 aliphatic rings. The molecule has 1 aliphatic heterocycles. The molecule has 2 aromatic rings. The number of hydrogen-bond acceptors (Lipinski definition) is 6. The van der Waals surface area contributed by atoms with Crippen molar-refractivity contribution >= 4 is 17.8 Å². The van der Waals surface area contributed by atoms with Crippen LogP contribution in [0.5, 0.6) is 0 Å². The van der Waals surface area contributed by atoms with E-state index in [1.54, 1.807) is 11.8 Å². The Kier molecular flexibility index (Phi) is 3.67. The minimum absolute atomic E-state index is 0.353. The van der Waals surface area contributed by atoms with Gasteiger partial charge in [0, 0.05) is 17.9 Å². The predicted molar refractivity (Wildman–Crippen MR) is 79.9 cm³/mol. The fourth-order valence-corrected chi connectivity index (χ4v) is 3.39. The standard InChI is InChI=1S/C14H17N3O2S/c1-10-2-4-11(5-3-10)12-16-13(19-17-12)15-8-14(18)6-7-20-9-14/h2-5,18H,6-9H2,1H3,(H,15,16,17). The highest BCUT2D eigenvalue weighted by molar-refractivity contribution is 7.99. The van der Waals surface area contributed by atoms with Crippen LogP contribution in [0, 0.1) is 6.92 Å². The van der Waals surface area contributed by atoms with Crippen molar-refractivity contribution in [1.29, 1.82) is 0 Å². The van der Waals surface area contributed by atoms with Gasteiger partial charge < -0.3 is 14.9 Å². The first-order valence-electron chi connectivity index (χ1n) is 6.59. The molecular formula is C14H17N3O2S. The normalized spacial score (nSPS) is 22.1. The molecule has 1 unspecified atom stereocenters. The summed E-state index contributed by atoms with van der Waals surface area (Å²) in [4.78, 5) is 4.30. The molecule has 106 valence electrons. The molecule has 1 fully saturated rings. The highest BCUT2D eigenvalue weighted by Crippen LogP contribution is 2.28. The number of aliphatic hydroxyl groups is 1. The van der Waals surface area contributed by atoms with Crippen LogP contribution in [0.1, 0.15) is 12.0 Å². The largest absolute Gasteiger partial charge is 0.387 e. The number of aryl methyl sites for hydroxylation is 1. The molecule has 5 nitrogen and oxygen atoms in total. The molecule has 3 rings (SSSR count). The summed E-state index contributed by atoms with van der Waals surface area (Å²) in [6, 6.07) is 8.30. The second-order valence-corrected chi connectivity index (χ2v) is 6.27. The molecule has 1 aromatic heterocycles. The zero-order valence-electron chi connectivity index (χ0n) is 11.3. The van der Waals surface area contributed by atoms with E-state index in [9.17, 15) is 5.11 Å². The Morgan fingerprint density at radius 3 is 2.90 bits per heavy atom. The molecule has 6 heteroatoms. The van der Waals surface area contributed by atoms with Crippen LogP contribution in [0.15, 0.2) is 28.8 Å². The number of nitrogens with one attached hydrogen (secondary N) is 1. The highest BCUT2D eigenvalue weighted by Gasteiger charge is 2.31. The van der Waals surface area contributed by atoms with E-state index >= 15 is 0 Å². The van der Waals surface area contributed by atoms with Gasteiger partial charge in [-0.1, -0.05) is 35.0 Å². The molecule has 1 saturated heterocycles. The van der Waals surface area contributed by atoms with Gasteiger partial charge in [0.25, 0.3) is 0 Å². The summed E-state index contributed by atoms with van der Waals surface area (Å²) in [5.41, 5.74) is 1.45. The maximum atomic E-state index is 10.2. The number of rotatable bonds is 4. The lowest BCUT2D eigenvalue weighted by molar-refractivity contribution is 0.0812. The summed E-state index contributed by atoms with van der Waals surface area (Å²) in [6.07, 6.45) is 0.795. The van der Waals surface area contributed by atoms with Crippen molar-refractivity contribution in [2.24, 2.45) is 0 Å². The summed E-state index contributed by atoms with van der Waals surface area (Å²) in [6.45, 7) is 2.48. The monoisotopic (exact) mass is 291 g/mol. The van der Waals surface area contributed by atoms with Gasteiger partial charge in [0.15, 0.2) is 0 Å². The van der Waals surface area contributed by atoms with Gasteiger partial charge in [-0.3, -0.25) is 0 Å². The van der Waals surface area contributed by atoms with Gasteiger partial charge in [-0.05, 0) is 19.1 Å². The van der Waals surface area contributed by atoms with Crippen molar-refractivity contribution in [3.8, 4) is 11.4 Å². The predicted octanol–water partition coefficient (Wildman–Crippen LogP) is 2.32. The van der Waals surface area contributed by atoms with Gasteiger partial charge >= 0.3 is 6.01 Å². The lowest BCUT2D eigenvalue weighted by Crippen LogP contribution is -2.36. The minimum atomic E-state index is -0.664. The van der Waals surface area contributed by atoms with E-state index in [-0.39, 0.29) is 0 Å². The molecule has 0 bridgehead atoms. The maximum Gasteiger partial charge on any atom is 0.321 e. The van der Waals surface area contributed by atoms with Crippen molar-refractivity contribution in [3.63, 3.8) is 0 Å². The van der Waals surface area contributed by atoms with Crippen molar-refractivity contribution < 1.29 is 9.63 Å². The minimum Gasteiger partial charge on any atom is -0.387 e. The van der Waals surface area contributed by atoms with Crippen molar-refractivity contribution in [2.45, 2.75) is 18.9 Å². The fraction of sp³-hybridized carbons (Fsp3) is 0.429. The SMILES string of the molecule is Cc1ccc(-c2noc(NCC3(O)CCSC3)n2)cc1. The maximum absolute atomic E-state index is 10.2. The van der Waals surface area contributed by atoms with Crippen LogP contribution in [0.3, 0.4) is 0 Å². The van der Waals surface area contributed by atoms with Crippen molar-refractivity contribution in [2.75, 3.05) is 23.4 Å². The zero-order chi connectivity index (χ0) is 14.0. The summed E-state index contributed by atoms with van der Waals surface area (Å²) >= 11 is 1.76. The zero-order valence-corrected chi connectivity index (χ0v) is 12.1. The Hall–Kier alpha value is -1.53. The molecule has 0 saturated carbocycles. The number of hydrogen-bond donors (Lipinski definition) is 2. The third kappa shape index (κ3) is 2.96. The fourth-order valence-electron chi connectivity index (χ4n) is 2.09. The number of anilines is 1. The molecule has 1 aromatic carbocycles. The quantitative estimate of drug-likeness (QED) is 0.901. The average molecular weight is 291 g/mol. The van der Waals surface area contributed by atoms with Gasteiger partial charge in [0.2, 0.25) is 5.82 Å². The van der Waals surface area contributed by atoms with Crippen LogP contribution in [-0.4, -0.2) is 38.9 Å². The van der Waals surface area contributed by atoms with E-state index in [4.69, 9.17) is 4.52 Å². The van der Waals surface area contributed by atoms with Crippen molar-refractivity contribution in [1.82, 2.24) is 10.1 Å². The smallest absolute Gasteiger partial charge is 0.321 e. The third-order valence-electron chi connectivity index (χ3n) is 3.39. The Balaban J connectivity index is 1.66. The van der Waals surface area contributed by atoms with E-state index in [2.05, 4.69) is 15.5 Å². The molecule has 0 spiro atoms. The van der Waals surface area contributed by atoms with Crippen LogP contribution in [0.2, 0.25) is 0 Å². The lowest BCUT2D eigenvalue weighted by Gasteiger charge is -2.20. The first-order chi connectivity index (χ1) is 9.65. The Bertz CT molecular complexity index is 576. The topological polar surface area (TPSA) is 71.2 Å².